The predicted molar refractivity (Wildman–Crippen MR) is 127 cm³/mol. The first kappa shape index (κ1) is 23.3. The molecule has 2 N–H and O–H groups in total. The monoisotopic (exact) mass is 498 g/mol. The molecule has 182 valence electrons. The Labute approximate surface area is 206 Å². The summed E-state index contributed by atoms with van der Waals surface area (Å²) in [5.74, 6) is -1.000. The molecule has 8 nitrogen and oxygen atoms in total. The normalized spacial score (nSPS) is 21.1. The van der Waals surface area contributed by atoms with Crippen LogP contribution >= 0.6 is 11.6 Å². The molecule has 0 saturated carbocycles. The molecule has 0 unspecified atom stereocenters. The zero-order chi connectivity index (χ0) is 24.7. The Morgan fingerprint density at radius 2 is 2.06 bits per heavy atom. The number of halogens is 2. The molecule has 35 heavy (non-hydrogen) atoms. The Morgan fingerprint density at radius 3 is 2.80 bits per heavy atom. The number of nitrogens with one attached hydrogen (secondary N) is 1. The molecule has 1 aromatic heterocycles. The van der Waals surface area contributed by atoms with Gasteiger partial charge in [0.25, 0.3) is 5.91 Å². The van der Waals surface area contributed by atoms with E-state index in [0.717, 1.165) is 5.56 Å². The van der Waals surface area contributed by atoms with Gasteiger partial charge < -0.3 is 14.7 Å². The summed E-state index contributed by atoms with van der Waals surface area (Å²) in [4.78, 5) is 27.3. The molecule has 0 radical (unpaired) electrons. The van der Waals surface area contributed by atoms with Gasteiger partial charge in [0.1, 0.15) is 6.04 Å². The van der Waals surface area contributed by atoms with E-state index in [1.54, 1.807) is 17.8 Å². The van der Waals surface area contributed by atoms with Crippen LogP contribution in [-0.4, -0.2) is 51.0 Å². The van der Waals surface area contributed by atoms with Crippen LogP contribution in [0.3, 0.4) is 0 Å². The summed E-state index contributed by atoms with van der Waals surface area (Å²) >= 11 is 6.03. The van der Waals surface area contributed by atoms with Crippen LogP contribution in [0.1, 0.15) is 47.3 Å². The number of aliphatic hydroxyl groups is 1. The van der Waals surface area contributed by atoms with Gasteiger partial charge in [-0.25, -0.2) is 9.18 Å². The molecule has 3 heterocycles. The third-order valence-corrected chi connectivity index (χ3v) is 6.84. The molecule has 2 amide bonds. The smallest absolute Gasteiger partial charge is 0.412 e. The standard InChI is InChI=1S/C25H24ClFN4O4/c1-15(32)22(16-6-3-2-4-7-16)31-13-17(12-28-31)23(33)30-11-5-10-25(14-30)20-19(29-24(34)35-25)9-8-18(26)21(20)27/h2-4,6-9,12-13,15,22,32H,5,10-11,14H2,1H3,(H,29,34)/t15-,22-,25-/m0/s1. The first-order chi connectivity index (χ1) is 16.8. The summed E-state index contributed by atoms with van der Waals surface area (Å²) < 4.78 is 22.3. The number of nitrogens with zero attached hydrogens (tertiary/aromatic N) is 3. The summed E-state index contributed by atoms with van der Waals surface area (Å²) in [7, 11) is 0. The number of hydrogen-bond donors (Lipinski definition) is 2. The van der Waals surface area contributed by atoms with Crippen molar-refractivity contribution in [2.24, 2.45) is 0 Å². The van der Waals surface area contributed by atoms with E-state index in [1.807, 2.05) is 30.3 Å². The topological polar surface area (TPSA) is 96.7 Å². The summed E-state index contributed by atoms with van der Waals surface area (Å²) in [5.41, 5.74) is 0.259. The third-order valence-electron chi connectivity index (χ3n) is 6.55. The van der Waals surface area contributed by atoms with Crippen LogP contribution in [0.4, 0.5) is 14.9 Å². The number of ether oxygens (including phenoxy) is 1. The highest BCUT2D eigenvalue weighted by atomic mass is 35.5. The lowest BCUT2D eigenvalue weighted by Gasteiger charge is -2.45. The summed E-state index contributed by atoms with van der Waals surface area (Å²) in [5, 5.41) is 17.2. The Kier molecular flexibility index (Phi) is 5.98. The van der Waals surface area contributed by atoms with Crippen molar-refractivity contribution in [1.82, 2.24) is 14.7 Å². The molecule has 3 aromatic rings. The van der Waals surface area contributed by atoms with Crippen LogP contribution < -0.4 is 5.32 Å². The van der Waals surface area contributed by atoms with Crippen molar-refractivity contribution in [2.75, 3.05) is 18.4 Å². The maximum absolute atomic E-state index is 15.1. The summed E-state index contributed by atoms with van der Waals surface area (Å²) in [6.07, 6.45) is 2.43. The van der Waals surface area contributed by atoms with Crippen molar-refractivity contribution >= 4 is 29.3 Å². The number of rotatable bonds is 4. The quantitative estimate of drug-likeness (QED) is 0.558. The van der Waals surface area contributed by atoms with Crippen molar-refractivity contribution in [3.63, 3.8) is 0 Å². The molecule has 1 saturated heterocycles. The molecule has 1 fully saturated rings. The number of amides is 2. The van der Waals surface area contributed by atoms with E-state index < -0.39 is 29.7 Å². The van der Waals surface area contributed by atoms with Crippen molar-refractivity contribution in [1.29, 1.82) is 0 Å². The minimum absolute atomic E-state index is 0.0206. The minimum Gasteiger partial charge on any atom is -0.436 e. The summed E-state index contributed by atoms with van der Waals surface area (Å²) in [6.45, 7) is 2.05. The number of aromatic nitrogens is 2. The van der Waals surface area contributed by atoms with Crippen molar-refractivity contribution in [3.8, 4) is 0 Å². The van der Waals surface area contributed by atoms with Crippen molar-refractivity contribution < 1.29 is 23.8 Å². The molecule has 2 aliphatic heterocycles. The van der Waals surface area contributed by atoms with Gasteiger partial charge in [-0.2, -0.15) is 5.10 Å². The minimum atomic E-state index is -1.34. The zero-order valence-electron chi connectivity index (χ0n) is 18.9. The van der Waals surface area contributed by atoms with Gasteiger partial charge in [-0.15, -0.1) is 0 Å². The number of anilines is 1. The first-order valence-corrected chi connectivity index (χ1v) is 11.7. The predicted octanol–water partition coefficient (Wildman–Crippen LogP) is 4.34. The third kappa shape index (κ3) is 4.15. The number of aliphatic hydroxyl groups excluding tert-OH is 1. The van der Waals surface area contributed by atoms with Crippen LogP contribution in [0, 0.1) is 5.82 Å². The van der Waals surface area contributed by atoms with Crippen molar-refractivity contribution in [3.05, 3.63) is 82.4 Å². The van der Waals surface area contributed by atoms with Gasteiger partial charge in [0.2, 0.25) is 0 Å². The molecular weight excluding hydrogens is 475 g/mol. The number of hydrogen-bond acceptors (Lipinski definition) is 5. The Balaban J connectivity index is 1.44. The zero-order valence-corrected chi connectivity index (χ0v) is 19.7. The lowest BCUT2D eigenvalue weighted by Crippen LogP contribution is -2.53. The maximum Gasteiger partial charge on any atom is 0.412 e. The van der Waals surface area contributed by atoms with Gasteiger partial charge in [-0.05, 0) is 37.5 Å². The molecule has 0 aliphatic carbocycles. The average molecular weight is 499 g/mol. The van der Waals surface area contributed by atoms with Crippen LogP contribution in [-0.2, 0) is 10.3 Å². The highest BCUT2D eigenvalue weighted by Gasteiger charge is 2.48. The molecule has 5 rings (SSSR count). The first-order valence-electron chi connectivity index (χ1n) is 11.3. The largest absolute Gasteiger partial charge is 0.436 e. The van der Waals surface area contributed by atoms with Gasteiger partial charge in [-0.1, -0.05) is 41.9 Å². The Morgan fingerprint density at radius 1 is 1.29 bits per heavy atom. The Hall–Kier alpha value is -3.43. The van der Waals surface area contributed by atoms with E-state index in [9.17, 15) is 14.7 Å². The lowest BCUT2D eigenvalue weighted by atomic mass is 9.83. The van der Waals surface area contributed by atoms with E-state index in [-0.39, 0.29) is 28.7 Å². The Bertz CT molecular complexity index is 1280. The number of likely N-dealkylation sites (tertiary alicyclic amines) is 1. The molecule has 10 heteroatoms. The number of fused-ring (bicyclic) bond motifs is 2. The second-order valence-corrected chi connectivity index (χ2v) is 9.34. The molecule has 2 aromatic carbocycles. The molecule has 0 bridgehead atoms. The van der Waals surface area contributed by atoms with E-state index in [4.69, 9.17) is 16.3 Å². The fourth-order valence-electron chi connectivity index (χ4n) is 5.03. The second kappa shape index (κ2) is 8.98. The fourth-order valence-corrected chi connectivity index (χ4v) is 5.19. The van der Waals surface area contributed by atoms with Gasteiger partial charge in [0.15, 0.2) is 11.4 Å². The number of carbonyl (C=O) groups excluding carboxylic acids is 2. The van der Waals surface area contributed by atoms with Crippen LogP contribution in [0.25, 0.3) is 0 Å². The number of piperidine rings is 1. The molecular formula is C25H24ClFN4O4. The highest BCUT2D eigenvalue weighted by molar-refractivity contribution is 6.31. The lowest BCUT2D eigenvalue weighted by molar-refractivity contribution is -0.0418. The van der Waals surface area contributed by atoms with Crippen molar-refractivity contribution in [2.45, 2.75) is 37.5 Å². The maximum atomic E-state index is 15.1. The second-order valence-electron chi connectivity index (χ2n) is 8.93. The number of carbonyl (C=O) groups is 2. The number of benzene rings is 2. The molecule has 1 spiro atoms. The van der Waals surface area contributed by atoms with E-state index in [0.29, 0.717) is 24.9 Å². The van der Waals surface area contributed by atoms with Gasteiger partial charge in [0, 0.05) is 12.7 Å². The fraction of sp³-hybridized carbons (Fsp3) is 0.320. The summed E-state index contributed by atoms with van der Waals surface area (Å²) in [6, 6.07) is 11.8. The highest BCUT2D eigenvalue weighted by Crippen LogP contribution is 2.45. The van der Waals surface area contributed by atoms with Crippen LogP contribution in [0.15, 0.2) is 54.9 Å². The molecule has 2 aliphatic rings. The van der Waals surface area contributed by atoms with E-state index >= 15 is 4.39 Å². The van der Waals surface area contributed by atoms with Crippen LogP contribution in [0.2, 0.25) is 5.02 Å². The van der Waals surface area contributed by atoms with Gasteiger partial charge >= 0.3 is 6.09 Å². The van der Waals surface area contributed by atoms with E-state index in [2.05, 4.69) is 10.4 Å². The SMILES string of the molecule is C[C@H](O)[C@@H](c1ccccc1)n1cc(C(=O)N2CCC[C@@]3(C2)OC(=O)Nc2ccc(Cl)c(F)c23)cn1. The van der Waals surface area contributed by atoms with E-state index in [1.165, 1.54) is 23.2 Å². The van der Waals surface area contributed by atoms with Crippen LogP contribution in [0.5, 0.6) is 0 Å². The molecule has 3 atom stereocenters. The van der Waals surface area contributed by atoms with Gasteiger partial charge in [0.05, 0.1) is 40.7 Å². The average Bonchev–Trinajstić information content (AvgIpc) is 3.31. The van der Waals surface area contributed by atoms with Gasteiger partial charge in [-0.3, -0.25) is 14.8 Å².